The number of nitrogens with zero attached hydrogens (tertiary/aromatic N) is 1. The molecule has 0 N–H and O–H groups in total. The highest BCUT2D eigenvalue weighted by Crippen LogP contribution is 2.48. The van der Waals surface area contributed by atoms with Crippen LogP contribution >= 0.6 is 11.6 Å². The van der Waals surface area contributed by atoms with Crippen molar-refractivity contribution in [2.75, 3.05) is 18.0 Å². The van der Waals surface area contributed by atoms with E-state index in [-0.39, 0.29) is 0 Å². The minimum Gasteiger partial charge on any atom is -0.455 e. The second kappa shape index (κ2) is 10.8. The van der Waals surface area contributed by atoms with E-state index in [0.29, 0.717) is 5.88 Å². The van der Waals surface area contributed by atoms with Crippen molar-refractivity contribution in [1.82, 2.24) is 0 Å². The Kier molecular flexibility index (Phi) is 7.27. The molecule has 0 atom stereocenters. The molecule has 0 spiro atoms. The van der Waals surface area contributed by atoms with Crippen LogP contribution in [-0.4, -0.2) is 13.1 Å². The third kappa shape index (κ3) is 4.35. The van der Waals surface area contributed by atoms with Gasteiger partial charge in [-0.3, -0.25) is 0 Å². The van der Waals surface area contributed by atoms with Crippen molar-refractivity contribution in [3.8, 4) is 11.5 Å². The predicted molar refractivity (Wildman–Crippen MR) is 161 cm³/mol. The monoisotopic (exact) mass is 525 g/mol. The van der Waals surface area contributed by atoms with Gasteiger partial charge in [-0.15, -0.1) is 11.6 Å². The van der Waals surface area contributed by atoms with E-state index in [1.807, 2.05) is 0 Å². The first-order valence-corrected chi connectivity index (χ1v) is 15.3. The maximum atomic E-state index is 7.10. The Labute approximate surface area is 233 Å². The average Bonchev–Trinajstić information content (AvgIpc) is 2.95. The molecule has 0 saturated carbocycles. The lowest BCUT2D eigenvalue weighted by atomic mass is 9.83. The lowest BCUT2D eigenvalue weighted by Crippen LogP contribution is -2.35. The number of halogens is 1. The van der Waals surface area contributed by atoms with Crippen molar-refractivity contribution in [3.63, 3.8) is 0 Å². The summed E-state index contributed by atoms with van der Waals surface area (Å²) in [7, 11) is 0. The summed E-state index contributed by atoms with van der Waals surface area (Å²) in [5.74, 6) is 2.68. The molecule has 0 unspecified atom stereocenters. The Morgan fingerprint density at radius 1 is 0.921 bits per heavy atom. The summed E-state index contributed by atoms with van der Waals surface area (Å²) in [6.07, 6.45) is 11.4. The molecule has 3 aromatic carbocycles. The Balaban J connectivity index is 1.69. The molecule has 3 heteroatoms. The van der Waals surface area contributed by atoms with Gasteiger partial charge in [-0.1, -0.05) is 57.5 Å². The lowest BCUT2D eigenvalue weighted by Gasteiger charge is -2.39. The van der Waals surface area contributed by atoms with Crippen LogP contribution in [0.2, 0.25) is 0 Å². The van der Waals surface area contributed by atoms with Crippen LogP contribution in [-0.2, 0) is 31.6 Å². The van der Waals surface area contributed by atoms with Gasteiger partial charge in [0.1, 0.15) is 11.5 Å². The van der Waals surface area contributed by atoms with E-state index in [9.17, 15) is 0 Å². The number of benzene rings is 3. The molecule has 0 bridgehead atoms. The molecule has 2 nitrogen and oxygen atoms in total. The zero-order chi connectivity index (χ0) is 26.2. The standard InChI is InChI=1S/C35H40ClNO/c1-4-6-10-26-20-30-32(25-16-14-24(22-36)15-17-25)31-21-27-11-8-18-37-19-9-13-29(33(27)37)35(31)38-34(30)28(23(26)3)12-7-5-2/h14-17,20-21H,3-13,18-19,22H2,1-2H3. The summed E-state index contributed by atoms with van der Waals surface area (Å²) < 4.78 is 7.10. The number of fused-ring (bicyclic) bond motifs is 3. The van der Waals surface area contributed by atoms with Gasteiger partial charge in [0, 0.05) is 52.1 Å². The summed E-state index contributed by atoms with van der Waals surface area (Å²) >= 11 is 6.18. The zero-order valence-electron chi connectivity index (χ0n) is 23.1. The molecule has 0 radical (unpaired) electrons. The van der Waals surface area contributed by atoms with Crippen LogP contribution in [0.5, 0.6) is 11.5 Å². The summed E-state index contributed by atoms with van der Waals surface area (Å²) in [5.41, 5.74) is 12.1. The van der Waals surface area contributed by atoms with Gasteiger partial charge in [0.25, 0.3) is 0 Å². The molecular formula is C35H40ClNO. The Hall–Kier alpha value is -2.71. The van der Waals surface area contributed by atoms with E-state index >= 15 is 0 Å². The number of aryl methyl sites for hydroxylation is 2. The van der Waals surface area contributed by atoms with E-state index in [2.05, 4.69) is 61.7 Å². The van der Waals surface area contributed by atoms with Gasteiger partial charge in [0.15, 0.2) is 0 Å². The quantitative estimate of drug-likeness (QED) is 0.220. The van der Waals surface area contributed by atoms with Crippen molar-refractivity contribution in [1.29, 1.82) is 0 Å². The van der Waals surface area contributed by atoms with Gasteiger partial charge >= 0.3 is 0 Å². The molecule has 3 heterocycles. The van der Waals surface area contributed by atoms with E-state index in [1.54, 1.807) is 0 Å². The van der Waals surface area contributed by atoms with Gasteiger partial charge in [-0.2, -0.15) is 0 Å². The molecule has 0 aliphatic carbocycles. The summed E-state index contributed by atoms with van der Waals surface area (Å²) in [5, 5.41) is 2.44. The highest BCUT2D eigenvalue weighted by Gasteiger charge is 2.33. The van der Waals surface area contributed by atoms with E-state index in [1.165, 1.54) is 80.8 Å². The minimum absolute atomic E-state index is 0.534. The second-order valence-corrected chi connectivity index (χ2v) is 11.6. The van der Waals surface area contributed by atoms with Crippen LogP contribution in [0.4, 0.5) is 5.69 Å². The third-order valence-electron chi connectivity index (χ3n) is 8.78. The number of unbranched alkanes of at least 4 members (excludes halogenated alkanes) is 2. The van der Waals surface area contributed by atoms with Gasteiger partial charge in [-0.25, -0.2) is 0 Å². The van der Waals surface area contributed by atoms with Crippen molar-refractivity contribution in [2.24, 2.45) is 0 Å². The van der Waals surface area contributed by atoms with E-state index < -0.39 is 0 Å². The normalized spacial score (nSPS) is 15.6. The average molecular weight is 526 g/mol. The Morgan fingerprint density at radius 3 is 2.39 bits per heavy atom. The molecule has 0 fully saturated rings. The maximum absolute atomic E-state index is 7.10. The van der Waals surface area contributed by atoms with Gasteiger partial charge in [-0.05, 0) is 91.0 Å². The molecule has 3 aliphatic rings. The molecule has 6 rings (SSSR count). The first-order valence-electron chi connectivity index (χ1n) is 14.8. The molecule has 198 valence electrons. The van der Waals surface area contributed by atoms with Gasteiger partial charge < -0.3 is 9.64 Å². The Morgan fingerprint density at radius 2 is 1.66 bits per heavy atom. The SMILES string of the molecule is C=c1c(CCCC)cc2c(c1CCCC)Oc1c(cc3c4c1CCCN4CCC3)C=2c1ccc(CCl)cc1. The van der Waals surface area contributed by atoms with Gasteiger partial charge in [0.05, 0.1) is 0 Å². The number of alkyl halides is 1. The van der Waals surface area contributed by atoms with Crippen molar-refractivity contribution >= 4 is 29.4 Å². The number of hydrogen-bond donors (Lipinski definition) is 0. The first kappa shape index (κ1) is 25.6. The topological polar surface area (TPSA) is 12.5 Å². The number of anilines is 1. The van der Waals surface area contributed by atoms with Crippen LogP contribution in [0, 0.1) is 0 Å². The fourth-order valence-corrected chi connectivity index (χ4v) is 6.96. The fourth-order valence-electron chi connectivity index (χ4n) is 6.78. The van der Waals surface area contributed by atoms with Gasteiger partial charge in [0.2, 0.25) is 0 Å². The molecule has 0 saturated heterocycles. The highest BCUT2D eigenvalue weighted by molar-refractivity contribution is 6.17. The summed E-state index contributed by atoms with van der Waals surface area (Å²) in [6.45, 7) is 11.5. The molecular weight excluding hydrogens is 486 g/mol. The summed E-state index contributed by atoms with van der Waals surface area (Å²) in [6, 6.07) is 13.8. The van der Waals surface area contributed by atoms with Crippen LogP contribution < -0.4 is 20.1 Å². The third-order valence-corrected chi connectivity index (χ3v) is 9.09. The second-order valence-electron chi connectivity index (χ2n) is 11.3. The fraction of sp³-hybridized carbons (Fsp3) is 0.429. The smallest absolute Gasteiger partial charge is 0.140 e. The molecule has 38 heavy (non-hydrogen) atoms. The number of rotatable bonds is 8. The number of hydrogen-bond acceptors (Lipinski definition) is 2. The molecule has 3 aromatic rings. The largest absolute Gasteiger partial charge is 0.455 e. The van der Waals surface area contributed by atoms with Crippen LogP contribution in [0.25, 0.3) is 12.2 Å². The van der Waals surface area contributed by atoms with E-state index in [0.717, 1.165) is 68.7 Å². The van der Waals surface area contributed by atoms with Crippen LogP contribution in [0.1, 0.15) is 91.3 Å². The minimum atomic E-state index is 0.534. The van der Waals surface area contributed by atoms with E-state index in [4.69, 9.17) is 16.3 Å². The van der Waals surface area contributed by atoms with Crippen molar-refractivity contribution in [2.45, 2.75) is 83.9 Å². The Bertz CT molecular complexity index is 1470. The molecule has 3 aliphatic heterocycles. The molecule has 0 aromatic heterocycles. The number of ether oxygens (including phenoxy) is 1. The highest BCUT2D eigenvalue weighted by atomic mass is 35.5. The molecule has 0 amide bonds. The first-order chi connectivity index (χ1) is 18.6. The zero-order valence-corrected chi connectivity index (χ0v) is 23.9. The maximum Gasteiger partial charge on any atom is 0.140 e. The predicted octanol–water partition coefficient (Wildman–Crippen LogP) is 7.57. The van der Waals surface area contributed by atoms with Crippen molar-refractivity contribution in [3.05, 3.63) is 85.8 Å². The lowest BCUT2D eigenvalue weighted by molar-refractivity contribution is 0.453. The summed E-state index contributed by atoms with van der Waals surface area (Å²) in [4.78, 5) is 2.62. The van der Waals surface area contributed by atoms with Crippen LogP contribution in [0.15, 0.2) is 36.4 Å². The van der Waals surface area contributed by atoms with Crippen LogP contribution in [0.3, 0.4) is 0 Å². The van der Waals surface area contributed by atoms with Crippen molar-refractivity contribution < 1.29 is 4.74 Å².